The highest BCUT2D eigenvalue weighted by Gasteiger charge is 2.33. The van der Waals surface area contributed by atoms with Gasteiger partial charge in [-0.2, -0.15) is 0 Å². The molecule has 0 bridgehead atoms. The second-order valence-electron chi connectivity index (χ2n) is 5.21. The Bertz CT molecular complexity index is 139. The monoisotopic (exact) mass is 198 g/mol. The van der Waals surface area contributed by atoms with E-state index in [2.05, 4.69) is 41.5 Å². The summed E-state index contributed by atoms with van der Waals surface area (Å²) in [4.78, 5) is 0. The molecule has 14 heavy (non-hydrogen) atoms. The van der Waals surface area contributed by atoms with E-state index in [-0.39, 0.29) is 0 Å². The maximum atomic E-state index is 2.49. The maximum Gasteiger partial charge on any atom is -0.0277 e. The lowest BCUT2D eigenvalue weighted by Gasteiger charge is -2.40. The van der Waals surface area contributed by atoms with Crippen LogP contribution in [-0.2, 0) is 0 Å². The molecule has 0 saturated heterocycles. The van der Waals surface area contributed by atoms with Crippen molar-refractivity contribution >= 4 is 0 Å². The molecule has 0 amide bonds. The molecule has 0 aromatic rings. The standard InChI is InChI=1S/C14H30/c1-7-10-11-13(5)14(6,9-3)12(4)8-2/h12-13H,7-11H2,1-6H3. The Labute approximate surface area is 91.5 Å². The third-order valence-corrected chi connectivity index (χ3v) is 4.62. The predicted octanol–water partition coefficient (Wildman–Crippen LogP) is 5.28. The molecule has 0 rings (SSSR count). The number of unbranched alkanes of at least 4 members (excludes halogenated alkanes) is 1. The molecular weight excluding hydrogens is 168 g/mol. The summed E-state index contributed by atoms with van der Waals surface area (Å²) in [5.74, 6) is 1.74. The van der Waals surface area contributed by atoms with Crippen molar-refractivity contribution in [3.63, 3.8) is 0 Å². The van der Waals surface area contributed by atoms with Crippen molar-refractivity contribution in [2.24, 2.45) is 17.3 Å². The molecule has 0 radical (unpaired) electrons. The van der Waals surface area contributed by atoms with E-state index in [0.717, 1.165) is 11.8 Å². The van der Waals surface area contributed by atoms with Crippen LogP contribution in [0.2, 0.25) is 0 Å². The topological polar surface area (TPSA) is 0 Å². The molecule has 0 N–H and O–H groups in total. The fourth-order valence-corrected chi connectivity index (χ4v) is 2.49. The lowest BCUT2D eigenvalue weighted by atomic mass is 9.65. The first-order valence-corrected chi connectivity index (χ1v) is 6.52. The predicted molar refractivity (Wildman–Crippen MR) is 66.5 cm³/mol. The number of rotatable bonds is 7. The average Bonchev–Trinajstić information content (AvgIpc) is 2.23. The summed E-state index contributed by atoms with van der Waals surface area (Å²) in [6.45, 7) is 14.3. The molecule has 0 saturated carbocycles. The van der Waals surface area contributed by atoms with E-state index < -0.39 is 0 Å². The molecule has 0 aliphatic rings. The summed E-state index contributed by atoms with van der Waals surface area (Å²) < 4.78 is 0. The van der Waals surface area contributed by atoms with Crippen LogP contribution in [0.4, 0.5) is 0 Å². The highest BCUT2D eigenvalue weighted by atomic mass is 14.4. The van der Waals surface area contributed by atoms with Crippen LogP contribution in [0.3, 0.4) is 0 Å². The highest BCUT2D eigenvalue weighted by molar-refractivity contribution is 4.83. The van der Waals surface area contributed by atoms with E-state index in [9.17, 15) is 0 Å². The van der Waals surface area contributed by atoms with Crippen molar-refractivity contribution in [3.05, 3.63) is 0 Å². The normalized spacial score (nSPS) is 20.1. The van der Waals surface area contributed by atoms with Gasteiger partial charge < -0.3 is 0 Å². The van der Waals surface area contributed by atoms with Crippen LogP contribution in [-0.4, -0.2) is 0 Å². The van der Waals surface area contributed by atoms with Crippen LogP contribution >= 0.6 is 0 Å². The lowest BCUT2D eigenvalue weighted by molar-refractivity contribution is 0.0959. The largest absolute Gasteiger partial charge is 0.0654 e. The van der Waals surface area contributed by atoms with Gasteiger partial charge in [0.05, 0.1) is 0 Å². The van der Waals surface area contributed by atoms with E-state index in [0.29, 0.717) is 5.41 Å². The van der Waals surface area contributed by atoms with Gasteiger partial charge in [-0.15, -0.1) is 0 Å². The van der Waals surface area contributed by atoms with Gasteiger partial charge in [-0.25, -0.2) is 0 Å². The molecule has 3 unspecified atom stereocenters. The van der Waals surface area contributed by atoms with Gasteiger partial charge in [0.2, 0.25) is 0 Å². The first-order chi connectivity index (χ1) is 6.52. The second kappa shape index (κ2) is 6.48. The Balaban J connectivity index is 4.34. The summed E-state index contributed by atoms with van der Waals surface area (Å²) in [6, 6.07) is 0. The molecule has 0 aromatic carbocycles. The van der Waals surface area contributed by atoms with Crippen molar-refractivity contribution in [3.8, 4) is 0 Å². The molecule has 0 aliphatic carbocycles. The van der Waals surface area contributed by atoms with Crippen LogP contribution in [0, 0.1) is 17.3 Å². The van der Waals surface area contributed by atoms with Crippen molar-refractivity contribution in [1.29, 1.82) is 0 Å². The molecule has 0 nitrogen and oxygen atoms in total. The minimum atomic E-state index is 0.559. The maximum absolute atomic E-state index is 2.49. The molecule has 0 fully saturated rings. The van der Waals surface area contributed by atoms with E-state index in [1.54, 1.807) is 0 Å². The van der Waals surface area contributed by atoms with Crippen LogP contribution in [0.5, 0.6) is 0 Å². The summed E-state index contributed by atoms with van der Waals surface area (Å²) in [6.07, 6.45) is 6.79. The van der Waals surface area contributed by atoms with Crippen LogP contribution in [0.1, 0.15) is 73.6 Å². The van der Waals surface area contributed by atoms with Gasteiger partial charge >= 0.3 is 0 Å². The molecule has 3 atom stereocenters. The number of hydrogen-bond donors (Lipinski definition) is 0. The van der Waals surface area contributed by atoms with Gasteiger partial charge in [-0.05, 0) is 17.3 Å². The van der Waals surface area contributed by atoms with Crippen LogP contribution in [0.25, 0.3) is 0 Å². The van der Waals surface area contributed by atoms with Gasteiger partial charge in [0.25, 0.3) is 0 Å². The van der Waals surface area contributed by atoms with E-state index in [1.807, 2.05) is 0 Å². The Morgan fingerprint density at radius 2 is 1.57 bits per heavy atom. The molecule has 86 valence electrons. The molecule has 0 spiro atoms. The minimum Gasteiger partial charge on any atom is -0.0654 e. The van der Waals surface area contributed by atoms with Gasteiger partial charge in [-0.3, -0.25) is 0 Å². The Morgan fingerprint density at radius 3 is 1.93 bits per heavy atom. The third-order valence-electron chi connectivity index (χ3n) is 4.62. The average molecular weight is 198 g/mol. The van der Waals surface area contributed by atoms with Gasteiger partial charge in [-0.1, -0.05) is 73.6 Å². The quantitative estimate of drug-likeness (QED) is 0.522. The smallest absolute Gasteiger partial charge is 0.0277 e. The molecular formula is C14H30. The summed E-state index contributed by atoms with van der Waals surface area (Å²) in [5, 5.41) is 0. The Morgan fingerprint density at radius 1 is 1.00 bits per heavy atom. The zero-order valence-corrected chi connectivity index (χ0v) is 11.2. The molecule has 0 aromatic heterocycles. The zero-order valence-electron chi connectivity index (χ0n) is 11.2. The first kappa shape index (κ1) is 14.0. The number of hydrogen-bond acceptors (Lipinski definition) is 0. The fraction of sp³-hybridized carbons (Fsp3) is 1.00. The van der Waals surface area contributed by atoms with Crippen LogP contribution < -0.4 is 0 Å². The summed E-state index contributed by atoms with van der Waals surface area (Å²) in [7, 11) is 0. The van der Waals surface area contributed by atoms with Crippen LogP contribution in [0.15, 0.2) is 0 Å². The lowest BCUT2D eigenvalue weighted by Crippen LogP contribution is -2.31. The Kier molecular flexibility index (Phi) is 6.48. The van der Waals surface area contributed by atoms with Gasteiger partial charge in [0.1, 0.15) is 0 Å². The van der Waals surface area contributed by atoms with E-state index in [1.165, 1.54) is 32.1 Å². The van der Waals surface area contributed by atoms with Crippen molar-refractivity contribution < 1.29 is 0 Å². The Hall–Kier alpha value is 0. The fourth-order valence-electron chi connectivity index (χ4n) is 2.49. The van der Waals surface area contributed by atoms with Crippen molar-refractivity contribution in [2.45, 2.75) is 73.6 Å². The summed E-state index contributed by atoms with van der Waals surface area (Å²) in [5.41, 5.74) is 0.559. The zero-order chi connectivity index (χ0) is 11.2. The summed E-state index contributed by atoms with van der Waals surface area (Å²) >= 11 is 0. The minimum absolute atomic E-state index is 0.559. The first-order valence-electron chi connectivity index (χ1n) is 6.52. The molecule has 0 aliphatic heterocycles. The van der Waals surface area contributed by atoms with Crippen molar-refractivity contribution in [2.75, 3.05) is 0 Å². The van der Waals surface area contributed by atoms with E-state index in [4.69, 9.17) is 0 Å². The van der Waals surface area contributed by atoms with E-state index >= 15 is 0 Å². The van der Waals surface area contributed by atoms with Gasteiger partial charge in [0, 0.05) is 0 Å². The molecule has 0 heteroatoms. The second-order valence-corrected chi connectivity index (χ2v) is 5.21. The highest BCUT2D eigenvalue weighted by Crippen LogP contribution is 2.42. The van der Waals surface area contributed by atoms with Crippen molar-refractivity contribution in [1.82, 2.24) is 0 Å². The third kappa shape index (κ3) is 3.29. The van der Waals surface area contributed by atoms with Gasteiger partial charge in [0.15, 0.2) is 0 Å². The molecule has 0 heterocycles. The SMILES string of the molecule is CCCCC(C)C(C)(CC)C(C)CC.